The first-order valence-corrected chi connectivity index (χ1v) is 10.8. The molecule has 0 bridgehead atoms. The standard InChI is InChI=1S/C21H15BrCl2FN5O2/c22-14-3-6-19(16(23)9-14)32-12-29-8-7-18(27-29)21(31)26-20-17(24)11-30(28-20)10-13-1-4-15(25)5-2-13/h1-9,11H,10,12H2,(H,26,28,31). The van der Waals surface area contributed by atoms with Crippen molar-refractivity contribution in [1.29, 1.82) is 0 Å². The maximum atomic E-state index is 13.1. The molecule has 1 N–H and O–H groups in total. The monoisotopic (exact) mass is 537 g/mol. The lowest BCUT2D eigenvalue weighted by Crippen LogP contribution is -2.15. The summed E-state index contributed by atoms with van der Waals surface area (Å²) in [7, 11) is 0. The van der Waals surface area contributed by atoms with Crippen molar-refractivity contribution >= 4 is 50.9 Å². The van der Waals surface area contributed by atoms with Gasteiger partial charge in [0.15, 0.2) is 18.2 Å². The molecule has 2 aromatic carbocycles. The van der Waals surface area contributed by atoms with Crippen molar-refractivity contribution in [3.05, 3.63) is 92.5 Å². The minimum atomic E-state index is -0.473. The Morgan fingerprint density at radius 1 is 1.06 bits per heavy atom. The summed E-state index contributed by atoms with van der Waals surface area (Å²) in [4.78, 5) is 12.5. The second-order valence-corrected chi connectivity index (χ2v) is 8.42. The highest BCUT2D eigenvalue weighted by molar-refractivity contribution is 9.10. The number of halogens is 4. The minimum absolute atomic E-state index is 0.0711. The molecular formula is C21H15BrCl2FN5O2. The van der Waals surface area contributed by atoms with E-state index in [4.69, 9.17) is 27.9 Å². The van der Waals surface area contributed by atoms with Gasteiger partial charge in [-0.05, 0) is 42.0 Å². The third-order valence-electron chi connectivity index (χ3n) is 4.33. The molecule has 0 radical (unpaired) electrons. The van der Waals surface area contributed by atoms with Crippen molar-refractivity contribution in [3.8, 4) is 5.75 Å². The fraction of sp³-hybridized carbons (Fsp3) is 0.0952. The Hall–Kier alpha value is -2.88. The first kappa shape index (κ1) is 22.3. The molecule has 0 saturated heterocycles. The number of aromatic nitrogens is 4. The van der Waals surface area contributed by atoms with Crippen LogP contribution in [0, 0.1) is 5.82 Å². The molecule has 7 nitrogen and oxygen atoms in total. The predicted molar refractivity (Wildman–Crippen MR) is 123 cm³/mol. The number of nitrogens with one attached hydrogen (secondary N) is 1. The Labute approximate surface area is 200 Å². The Kier molecular flexibility index (Phi) is 6.78. The summed E-state index contributed by atoms with van der Waals surface area (Å²) in [6, 6.07) is 12.8. The molecule has 0 unspecified atom stereocenters. The van der Waals surface area contributed by atoms with E-state index < -0.39 is 5.91 Å². The summed E-state index contributed by atoms with van der Waals surface area (Å²) in [5.41, 5.74) is 1.01. The first-order valence-electron chi connectivity index (χ1n) is 9.27. The lowest BCUT2D eigenvalue weighted by Gasteiger charge is -2.08. The van der Waals surface area contributed by atoms with E-state index in [9.17, 15) is 9.18 Å². The van der Waals surface area contributed by atoms with Gasteiger partial charge in [0.25, 0.3) is 5.91 Å². The van der Waals surface area contributed by atoms with E-state index in [1.165, 1.54) is 16.8 Å². The van der Waals surface area contributed by atoms with Crippen LogP contribution in [0.2, 0.25) is 10.0 Å². The van der Waals surface area contributed by atoms with Crippen molar-refractivity contribution in [3.63, 3.8) is 0 Å². The quantitative estimate of drug-likeness (QED) is 0.331. The van der Waals surface area contributed by atoms with Gasteiger partial charge in [0, 0.05) is 16.9 Å². The fourth-order valence-electron chi connectivity index (χ4n) is 2.79. The fourth-order valence-corrected chi connectivity index (χ4v) is 3.72. The first-order chi connectivity index (χ1) is 15.4. The molecule has 0 aliphatic carbocycles. The smallest absolute Gasteiger partial charge is 0.277 e. The summed E-state index contributed by atoms with van der Waals surface area (Å²) in [6.07, 6.45) is 3.19. The number of nitrogens with zero attached hydrogens (tertiary/aromatic N) is 4. The Balaban J connectivity index is 1.37. The van der Waals surface area contributed by atoms with Gasteiger partial charge in [-0.1, -0.05) is 51.3 Å². The van der Waals surface area contributed by atoms with Crippen LogP contribution in [0.15, 0.2) is 65.4 Å². The largest absolute Gasteiger partial charge is 0.470 e. The molecule has 0 aliphatic rings. The van der Waals surface area contributed by atoms with Crippen LogP contribution >= 0.6 is 39.1 Å². The molecule has 4 rings (SSSR count). The maximum Gasteiger partial charge on any atom is 0.277 e. The van der Waals surface area contributed by atoms with Gasteiger partial charge in [-0.15, -0.1) is 0 Å². The highest BCUT2D eigenvalue weighted by Crippen LogP contribution is 2.28. The highest BCUT2D eigenvalue weighted by atomic mass is 79.9. The molecule has 0 atom stereocenters. The topological polar surface area (TPSA) is 74.0 Å². The van der Waals surface area contributed by atoms with Crippen molar-refractivity contribution in [2.75, 3.05) is 5.32 Å². The van der Waals surface area contributed by atoms with Crippen LogP contribution in [0.5, 0.6) is 5.75 Å². The molecule has 1 amide bonds. The van der Waals surface area contributed by atoms with Gasteiger partial charge in [-0.2, -0.15) is 10.2 Å². The zero-order chi connectivity index (χ0) is 22.7. The summed E-state index contributed by atoms with van der Waals surface area (Å²) in [5.74, 6) is -0.0922. The highest BCUT2D eigenvalue weighted by Gasteiger charge is 2.15. The molecule has 32 heavy (non-hydrogen) atoms. The number of anilines is 1. The normalized spacial score (nSPS) is 10.9. The molecule has 0 saturated carbocycles. The molecule has 164 valence electrons. The molecular weight excluding hydrogens is 524 g/mol. The Morgan fingerprint density at radius 2 is 1.84 bits per heavy atom. The number of carbonyl (C=O) groups excluding carboxylic acids is 1. The number of benzene rings is 2. The van der Waals surface area contributed by atoms with E-state index in [2.05, 4.69) is 31.4 Å². The SMILES string of the molecule is O=C(Nc1nn(Cc2ccc(F)cc2)cc1Cl)c1ccn(COc2ccc(Br)cc2Cl)n1. The molecule has 11 heteroatoms. The van der Waals surface area contributed by atoms with E-state index in [1.54, 1.807) is 47.4 Å². The van der Waals surface area contributed by atoms with Gasteiger partial charge in [-0.25, -0.2) is 9.07 Å². The van der Waals surface area contributed by atoms with Gasteiger partial charge in [-0.3, -0.25) is 9.48 Å². The van der Waals surface area contributed by atoms with Crippen molar-refractivity contribution in [2.45, 2.75) is 13.3 Å². The average Bonchev–Trinajstić information content (AvgIpc) is 3.36. The summed E-state index contributed by atoms with van der Waals surface area (Å²) in [6.45, 7) is 0.447. The van der Waals surface area contributed by atoms with Crippen LogP contribution in [-0.2, 0) is 13.3 Å². The van der Waals surface area contributed by atoms with Crippen LogP contribution in [0.1, 0.15) is 16.1 Å². The van der Waals surface area contributed by atoms with Crippen LogP contribution in [0.25, 0.3) is 0 Å². The van der Waals surface area contributed by atoms with Gasteiger partial charge in [0.1, 0.15) is 16.6 Å². The van der Waals surface area contributed by atoms with Gasteiger partial charge in [0.05, 0.1) is 11.6 Å². The second kappa shape index (κ2) is 9.72. The van der Waals surface area contributed by atoms with E-state index in [0.29, 0.717) is 17.3 Å². The van der Waals surface area contributed by atoms with E-state index in [1.807, 2.05) is 6.07 Å². The molecule has 2 aromatic heterocycles. The van der Waals surface area contributed by atoms with Crippen LogP contribution in [0.4, 0.5) is 10.2 Å². The number of ether oxygens (including phenoxy) is 1. The van der Waals surface area contributed by atoms with Crippen molar-refractivity contribution in [2.24, 2.45) is 0 Å². The van der Waals surface area contributed by atoms with Gasteiger partial charge in [0.2, 0.25) is 0 Å². The summed E-state index contributed by atoms with van der Waals surface area (Å²) < 4.78 is 22.5. The average molecular weight is 539 g/mol. The van der Waals surface area contributed by atoms with Gasteiger partial charge < -0.3 is 10.1 Å². The molecule has 2 heterocycles. The lowest BCUT2D eigenvalue weighted by atomic mass is 10.2. The maximum absolute atomic E-state index is 13.1. The zero-order valence-electron chi connectivity index (χ0n) is 16.3. The number of amides is 1. The molecule has 0 fully saturated rings. The molecule has 4 aromatic rings. The molecule has 0 aliphatic heterocycles. The number of hydrogen-bond donors (Lipinski definition) is 1. The van der Waals surface area contributed by atoms with Crippen LogP contribution < -0.4 is 10.1 Å². The summed E-state index contributed by atoms with van der Waals surface area (Å²) in [5, 5.41) is 11.8. The van der Waals surface area contributed by atoms with Crippen LogP contribution in [-0.4, -0.2) is 25.5 Å². The summed E-state index contributed by atoms with van der Waals surface area (Å²) >= 11 is 15.7. The zero-order valence-corrected chi connectivity index (χ0v) is 19.4. The lowest BCUT2D eigenvalue weighted by molar-refractivity contribution is 0.101. The minimum Gasteiger partial charge on any atom is -0.470 e. The number of carbonyl (C=O) groups is 1. The second-order valence-electron chi connectivity index (χ2n) is 6.69. The van der Waals surface area contributed by atoms with E-state index >= 15 is 0 Å². The van der Waals surface area contributed by atoms with E-state index in [0.717, 1.165) is 10.0 Å². The predicted octanol–water partition coefficient (Wildman–Crippen LogP) is 5.63. The van der Waals surface area contributed by atoms with Crippen molar-refractivity contribution < 1.29 is 13.9 Å². The Bertz CT molecular complexity index is 1260. The van der Waals surface area contributed by atoms with Crippen LogP contribution in [0.3, 0.4) is 0 Å². The van der Waals surface area contributed by atoms with E-state index in [-0.39, 0.29) is 29.1 Å². The third-order valence-corrected chi connectivity index (χ3v) is 5.39. The number of rotatable bonds is 7. The number of hydrogen-bond acceptors (Lipinski definition) is 4. The Morgan fingerprint density at radius 3 is 2.59 bits per heavy atom. The third kappa shape index (κ3) is 5.48. The van der Waals surface area contributed by atoms with Gasteiger partial charge >= 0.3 is 0 Å². The van der Waals surface area contributed by atoms with Crippen molar-refractivity contribution in [1.82, 2.24) is 19.6 Å². The molecule has 0 spiro atoms.